The van der Waals surface area contributed by atoms with Crippen LogP contribution in [0, 0.1) is 6.92 Å². The topological polar surface area (TPSA) is 147 Å². The lowest BCUT2D eigenvalue weighted by Gasteiger charge is -2.06. The lowest BCUT2D eigenvalue weighted by Crippen LogP contribution is -2.12. The minimum absolute atomic E-state index is 0.114. The van der Waals surface area contributed by atoms with Crippen molar-refractivity contribution in [3.05, 3.63) is 11.6 Å². The van der Waals surface area contributed by atoms with Crippen molar-refractivity contribution in [1.29, 1.82) is 0 Å². The van der Waals surface area contributed by atoms with Gasteiger partial charge in [0, 0.05) is 13.1 Å². The molecule has 2 heterocycles. The number of hydrogen-bond acceptors (Lipinski definition) is 9. The number of anilines is 2. The summed E-state index contributed by atoms with van der Waals surface area (Å²) in [6.45, 7) is 3.08. The molecule has 0 amide bonds. The molecule has 0 unspecified atom stereocenters. The van der Waals surface area contributed by atoms with E-state index in [1.807, 2.05) is 11.5 Å². The van der Waals surface area contributed by atoms with Crippen LogP contribution in [0.3, 0.4) is 0 Å². The van der Waals surface area contributed by atoms with Crippen LogP contribution in [0.25, 0.3) is 0 Å². The molecule has 0 saturated carbocycles. The molecule has 0 aliphatic heterocycles. The summed E-state index contributed by atoms with van der Waals surface area (Å²) in [6.07, 6.45) is 0. The number of thioether (sulfide) groups is 1. The number of nitrogen functional groups attached to an aromatic ring is 2. The first-order chi connectivity index (χ1) is 9.10. The summed E-state index contributed by atoms with van der Waals surface area (Å²) in [5.74, 6) is 2.04. The maximum Gasteiger partial charge on any atom is 0.225 e. The van der Waals surface area contributed by atoms with Crippen LogP contribution in [0.15, 0.2) is 5.16 Å². The van der Waals surface area contributed by atoms with Crippen molar-refractivity contribution in [2.75, 3.05) is 18.0 Å². The Morgan fingerprint density at radius 2 is 1.79 bits per heavy atom. The molecule has 0 bridgehead atoms. The monoisotopic (exact) mass is 281 g/mol. The van der Waals surface area contributed by atoms with E-state index in [1.54, 1.807) is 0 Å². The highest BCUT2D eigenvalue weighted by molar-refractivity contribution is 7.98. The fraction of sp³-hybridized carbons (Fsp3) is 0.444. The standard InChI is InChI=1S/C9H15N9S/c1-5-16-17-9(18(5)3-2-10)19-4-6-13-7(11)15-8(12)14-6/h2-4,10H2,1H3,(H4,11,12,13,14,15). The van der Waals surface area contributed by atoms with E-state index < -0.39 is 0 Å². The molecular weight excluding hydrogens is 266 g/mol. The molecule has 0 saturated heterocycles. The number of nitrogens with zero attached hydrogens (tertiary/aromatic N) is 6. The molecule has 19 heavy (non-hydrogen) atoms. The third-order valence-electron chi connectivity index (χ3n) is 2.30. The molecule has 0 fully saturated rings. The minimum Gasteiger partial charge on any atom is -0.368 e. The van der Waals surface area contributed by atoms with E-state index in [9.17, 15) is 0 Å². The second-order valence-corrected chi connectivity index (χ2v) is 4.67. The van der Waals surface area contributed by atoms with Crippen molar-refractivity contribution in [2.24, 2.45) is 5.73 Å². The van der Waals surface area contributed by atoms with Crippen molar-refractivity contribution >= 4 is 23.7 Å². The summed E-state index contributed by atoms with van der Waals surface area (Å²) in [4.78, 5) is 11.7. The van der Waals surface area contributed by atoms with Gasteiger partial charge in [-0.15, -0.1) is 10.2 Å². The van der Waals surface area contributed by atoms with Gasteiger partial charge < -0.3 is 21.8 Å². The van der Waals surface area contributed by atoms with Gasteiger partial charge in [0.2, 0.25) is 11.9 Å². The third-order valence-corrected chi connectivity index (χ3v) is 3.26. The van der Waals surface area contributed by atoms with Crippen molar-refractivity contribution in [3.8, 4) is 0 Å². The zero-order chi connectivity index (χ0) is 13.8. The Morgan fingerprint density at radius 3 is 2.42 bits per heavy atom. The normalized spacial score (nSPS) is 10.8. The summed E-state index contributed by atoms with van der Waals surface area (Å²) < 4.78 is 1.94. The van der Waals surface area contributed by atoms with Crippen LogP contribution in [0.1, 0.15) is 11.6 Å². The highest BCUT2D eigenvalue weighted by Gasteiger charge is 2.10. The van der Waals surface area contributed by atoms with Gasteiger partial charge in [-0.2, -0.15) is 15.0 Å². The van der Waals surface area contributed by atoms with Crippen LogP contribution in [0.4, 0.5) is 11.9 Å². The van der Waals surface area contributed by atoms with E-state index in [0.717, 1.165) is 11.0 Å². The molecule has 2 aromatic rings. The first-order valence-corrected chi connectivity index (χ1v) is 6.57. The SMILES string of the molecule is Cc1nnc(SCc2nc(N)nc(N)n2)n1CCN. The number of nitrogens with two attached hydrogens (primary N) is 3. The van der Waals surface area contributed by atoms with E-state index in [-0.39, 0.29) is 11.9 Å². The van der Waals surface area contributed by atoms with Gasteiger partial charge in [0.25, 0.3) is 0 Å². The van der Waals surface area contributed by atoms with Gasteiger partial charge in [0.1, 0.15) is 11.6 Å². The van der Waals surface area contributed by atoms with Gasteiger partial charge in [0.05, 0.1) is 5.75 Å². The van der Waals surface area contributed by atoms with Gasteiger partial charge in [-0.3, -0.25) is 0 Å². The molecular formula is C9H15N9S. The highest BCUT2D eigenvalue weighted by atomic mass is 32.2. The summed E-state index contributed by atoms with van der Waals surface area (Å²) in [7, 11) is 0. The average molecular weight is 281 g/mol. The van der Waals surface area contributed by atoms with Gasteiger partial charge >= 0.3 is 0 Å². The quantitative estimate of drug-likeness (QED) is 0.598. The third kappa shape index (κ3) is 3.29. The highest BCUT2D eigenvalue weighted by Crippen LogP contribution is 2.20. The lowest BCUT2D eigenvalue weighted by atomic mass is 10.6. The van der Waals surface area contributed by atoms with Gasteiger partial charge in [-0.1, -0.05) is 11.8 Å². The largest absolute Gasteiger partial charge is 0.368 e. The Hall–Kier alpha value is -1.94. The maximum atomic E-state index is 5.55. The van der Waals surface area contributed by atoms with Gasteiger partial charge in [0.15, 0.2) is 5.16 Å². The molecule has 9 nitrogen and oxygen atoms in total. The van der Waals surface area contributed by atoms with E-state index >= 15 is 0 Å². The average Bonchev–Trinajstić information content (AvgIpc) is 2.68. The van der Waals surface area contributed by atoms with Crippen LogP contribution in [-0.4, -0.2) is 36.3 Å². The molecule has 0 aliphatic carbocycles. The van der Waals surface area contributed by atoms with E-state index in [1.165, 1.54) is 11.8 Å². The van der Waals surface area contributed by atoms with Crippen LogP contribution < -0.4 is 17.2 Å². The first kappa shape index (κ1) is 13.5. The number of rotatable bonds is 5. The van der Waals surface area contributed by atoms with Crippen LogP contribution in [-0.2, 0) is 12.3 Å². The second-order valence-electron chi connectivity index (χ2n) is 3.73. The summed E-state index contributed by atoms with van der Waals surface area (Å²) in [5, 5.41) is 8.86. The molecule has 2 aromatic heterocycles. The van der Waals surface area contributed by atoms with Crippen molar-refractivity contribution in [1.82, 2.24) is 29.7 Å². The lowest BCUT2D eigenvalue weighted by molar-refractivity contribution is 0.627. The van der Waals surface area contributed by atoms with E-state index in [2.05, 4.69) is 25.1 Å². The van der Waals surface area contributed by atoms with Crippen molar-refractivity contribution in [2.45, 2.75) is 24.4 Å². The van der Waals surface area contributed by atoms with E-state index in [0.29, 0.717) is 24.7 Å². The molecule has 102 valence electrons. The smallest absolute Gasteiger partial charge is 0.225 e. The molecule has 0 spiro atoms. The zero-order valence-electron chi connectivity index (χ0n) is 10.4. The summed E-state index contributed by atoms with van der Waals surface area (Å²) in [5.41, 5.74) is 16.6. The van der Waals surface area contributed by atoms with Gasteiger partial charge in [-0.25, -0.2) is 0 Å². The van der Waals surface area contributed by atoms with Gasteiger partial charge in [-0.05, 0) is 6.92 Å². The number of hydrogen-bond donors (Lipinski definition) is 3. The second kappa shape index (κ2) is 5.80. The predicted molar refractivity (Wildman–Crippen MR) is 72.0 cm³/mol. The fourth-order valence-electron chi connectivity index (χ4n) is 1.51. The number of aromatic nitrogens is 6. The Balaban J connectivity index is 2.10. The maximum absolute atomic E-state index is 5.55. The Labute approximate surface area is 114 Å². The Morgan fingerprint density at radius 1 is 1.11 bits per heavy atom. The van der Waals surface area contributed by atoms with Crippen LogP contribution in [0.5, 0.6) is 0 Å². The molecule has 10 heteroatoms. The first-order valence-electron chi connectivity index (χ1n) is 5.58. The fourth-order valence-corrected chi connectivity index (χ4v) is 2.37. The van der Waals surface area contributed by atoms with E-state index in [4.69, 9.17) is 17.2 Å². The molecule has 6 N–H and O–H groups in total. The van der Waals surface area contributed by atoms with Crippen molar-refractivity contribution in [3.63, 3.8) is 0 Å². The minimum atomic E-state index is 0.114. The summed E-state index contributed by atoms with van der Waals surface area (Å²) in [6, 6.07) is 0. The predicted octanol–water partition coefficient (Wildman–Crippen LogP) is -0.813. The number of aryl methyl sites for hydroxylation is 1. The molecule has 2 rings (SSSR count). The molecule has 0 radical (unpaired) electrons. The Bertz CT molecular complexity index is 547. The molecule has 0 aliphatic rings. The zero-order valence-corrected chi connectivity index (χ0v) is 11.3. The molecule has 0 atom stereocenters. The van der Waals surface area contributed by atoms with Crippen LogP contribution >= 0.6 is 11.8 Å². The van der Waals surface area contributed by atoms with Crippen molar-refractivity contribution < 1.29 is 0 Å². The molecule has 0 aromatic carbocycles. The summed E-state index contributed by atoms with van der Waals surface area (Å²) >= 11 is 1.45. The van der Waals surface area contributed by atoms with Crippen LogP contribution in [0.2, 0.25) is 0 Å². The Kier molecular flexibility index (Phi) is 4.12.